The minimum atomic E-state index is -4.55. The highest BCUT2D eigenvalue weighted by Gasteiger charge is 2.39. The highest BCUT2D eigenvalue weighted by Crippen LogP contribution is 2.49. The van der Waals surface area contributed by atoms with Crippen molar-refractivity contribution in [3.63, 3.8) is 0 Å². The summed E-state index contributed by atoms with van der Waals surface area (Å²) < 4.78 is 52.5. The normalized spacial score (nSPS) is 16.3. The number of amides is 2. The molecule has 0 spiro atoms. The van der Waals surface area contributed by atoms with Crippen LogP contribution in [0.2, 0.25) is 0 Å². The van der Waals surface area contributed by atoms with E-state index in [0.717, 1.165) is 37.3 Å². The molecule has 1 aromatic rings. The number of carbonyl (C=O) groups is 2. The number of allylic oxidation sites excluding steroid dienone is 1. The van der Waals surface area contributed by atoms with Crippen LogP contribution in [0.5, 0.6) is 0 Å². The lowest BCUT2D eigenvalue weighted by atomic mass is 9.92. The predicted molar refractivity (Wildman–Crippen MR) is 129 cm³/mol. The molecule has 4 N–H and O–H groups in total. The van der Waals surface area contributed by atoms with Crippen molar-refractivity contribution in [3.05, 3.63) is 40.3 Å². The van der Waals surface area contributed by atoms with Crippen LogP contribution >= 0.6 is 12.4 Å². The van der Waals surface area contributed by atoms with Gasteiger partial charge in [0.1, 0.15) is 12.4 Å². The van der Waals surface area contributed by atoms with Crippen molar-refractivity contribution in [2.75, 3.05) is 32.5 Å². The molecule has 11 heteroatoms. The number of nitrogens with zero attached hydrogens (tertiary/aromatic N) is 1. The van der Waals surface area contributed by atoms with Gasteiger partial charge < -0.3 is 21.3 Å². The second-order valence-electron chi connectivity index (χ2n) is 9.51. The SMILES string of the molecule is C[C@H](C(=O)NCC(F)(F)F)c1cc(F)c(NC(=O)C(N)=C(C2CC2)C2CC2)cc1CCN(C)C.Cl. The Hall–Kier alpha value is -2.33. The monoisotopic (exact) mass is 520 g/mol. The predicted octanol–water partition coefficient (Wildman–Crippen LogP) is 4.10. The van der Waals surface area contributed by atoms with Gasteiger partial charge in [-0.1, -0.05) is 0 Å². The van der Waals surface area contributed by atoms with E-state index in [0.29, 0.717) is 30.4 Å². The Bertz CT molecular complexity index is 959. The maximum Gasteiger partial charge on any atom is 0.405 e. The van der Waals surface area contributed by atoms with Crippen molar-refractivity contribution in [1.29, 1.82) is 0 Å². The zero-order chi connectivity index (χ0) is 25.2. The van der Waals surface area contributed by atoms with Crippen LogP contribution in [0.4, 0.5) is 23.2 Å². The Kier molecular flexibility index (Phi) is 9.58. The van der Waals surface area contributed by atoms with E-state index in [1.54, 1.807) is 0 Å². The van der Waals surface area contributed by atoms with Crippen LogP contribution < -0.4 is 16.4 Å². The van der Waals surface area contributed by atoms with Gasteiger partial charge in [0, 0.05) is 6.54 Å². The van der Waals surface area contributed by atoms with Gasteiger partial charge in [-0.15, -0.1) is 12.4 Å². The molecule has 0 aliphatic heterocycles. The van der Waals surface area contributed by atoms with Crippen LogP contribution in [0, 0.1) is 17.7 Å². The van der Waals surface area contributed by atoms with Gasteiger partial charge in [-0.25, -0.2) is 4.39 Å². The number of hydrogen-bond donors (Lipinski definition) is 3. The number of anilines is 1. The standard InChI is InChI=1S/C24H32F4N4O2.ClH/c1-13(22(33)30-12-24(26,27)28)17-11-18(25)19(10-16(17)8-9-32(2)3)31-23(34)21(29)20(14-4-5-14)15-6-7-15;/h10-11,13-15H,4-9,12,29H2,1-3H3,(H,30,33)(H,31,34);1H/t13-;/m0./s1. The Morgan fingerprint density at radius 1 is 1.14 bits per heavy atom. The summed E-state index contributed by atoms with van der Waals surface area (Å²) in [6.45, 7) is 0.518. The van der Waals surface area contributed by atoms with Crippen molar-refractivity contribution in [2.24, 2.45) is 17.6 Å². The molecule has 2 aliphatic rings. The fourth-order valence-corrected chi connectivity index (χ4v) is 4.06. The molecule has 2 amide bonds. The largest absolute Gasteiger partial charge is 0.405 e. The summed E-state index contributed by atoms with van der Waals surface area (Å²) in [5.74, 6) is -2.55. The summed E-state index contributed by atoms with van der Waals surface area (Å²) in [5, 5.41) is 4.41. The quantitative estimate of drug-likeness (QED) is 0.320. The van der Waals surface area contributed by atoms with Gasteiger partial charge in [-0.2, -0.15) is 13.2 Å². The lowest BCUT2D eigenvalue weighted by Gasteiger charge is -2.20. The topological polar surface area (TPSA) is 87.5 Å². The molecule has 3 rings (SSSR count). The van der Waals surface area contributed by atoms with Gasteiger partial charge in [0.05, 0.1) is 17.3 Å². The van der Waals surface area contributed by atoms with Gasteiger partial charge in [0.2, 0.25) is 5.91 Å². The van der Waals surface area contributed by atoms with Gasteiger partial charge in [0.25, 0.3) is 5.91 Å². The first kappa shape index (κ1) is 28.9. The second kappa shape index (κ2) is 11.6. The van der Waals surface area contributed by atoms with Crippen LogP contribution in [-0.4, -0.2) is 50.1 Å². The van der Waals surface area contributed by atoms with Crippen molar-refractivity contribution < 1.29 is 27.2 Å². The lowest BCUT2D eigenvalue weighted by molar-refractivity contribution is -0.139. The third kappa shape index (κ3) is 8.10. The summed E-state index contributed by atoms with van der Waals surface area (Å²) in [6, 6.07) is 2.56. The van der Waals surface area contributed by atoms with Crippen LogP contribution in [-0.2, 0) is 16.0 Å². The maximum atomic E-state index is 15.0. The van der Waals surface area contributed by atoms with Crippen molar-refractivity contribution >= 4 is 29.9 Å². The molecule has 1 aromatic carbocycles. The summed E-state index contributed by atoms with van der Waals surface area (Å²) in [6.07, 6.45) is -0.117. The molecular weight excluding hydrogens is 488 g/mol. The van der Waals surface area contributed by atoms with Gasteiger partial charge >= 0.3 is 6.18 Å². The average molecular weight is 521 g/mol. The second-order valence-corrected chi connectivity index (χ2v) is 9.51. The number of nitrogens with one attached hydrogen (secondary N) is 2. The number of likely N-dealkylation sites (N-methyl/N-ethyl adjacent to an activating group) is 1. The molecule has 2 fully saturated rings. The van der Waals surface area contributed by atoms with Crippen molar-refractivity contribution in [2.45, 2.75) is 51.1 Å². The molecule has 2 aliphatic carbocycles. The molecule has 196 valence electrons. The number of carbonyl (C=O) groups excluding carboxylic acids is 2. The molecule has 0 unspecified atom stereocenters. The highest BCUT2D eigenvalue weighted by molar-refractivity contribution is 6.04. The van der Waals surface area contributed by atoms with Crippen LogP contribution in [0.25, 0.3) is 0 Å². The van der Waals surface area contributed by atoms with Gasteiger partial charge in [-0.3, -0.25) is 9.59 Å². The smallest absolute Gasteiger partial charge is 0.394 e. The first-order valence-corrected chi connectivity index (χ1v) is 11.5. The van der Waals surface area contributed by atoms with E-state index < -0.39 is 36.3 Å². The zero-order valence-corrected chi connectivity index (χ0v) is 20.9. The fourth-order valence-electron chi connectivity index (χ4n) is 4.06. The molecule has 2 saturated carbocycles. The van der Waals surface area contributed by atoms with E-state index in [1.807, 2.05) is 24.3 Å². The summed E-state index contributed by atoms with van der Waals surface area (Å²) in [7, 11) is 3.68. The third-order valence-corrected chi connectivity index (χ3v) is 6.22. The number of halogens is 5. The third-order valence-electron chi connectivity index (χ3n) is 6.22. The van der Waals surface area contributed by atoms with Gasteiger partial charge in [-0.05, 0) is 93.8 Å². The number of rotatable bonds is 10. The van der Waals surface area contributed by atoms with Crippen LogP contribution in [0.3, 0.4) is 0 Å². The van der Waals surface area contributed by atoms with E-state index in [2.05, 4.69) is 5.32 Å². The minimum Gasteiger partial charge on any atom is -0.394 e. The molecular formula is C24H33ClF4N4O2. The van der Waals surface area contributed by atoms with Crippen molar-refractivity contribution in [1.82, 2.24) is 10.2 Å². The molecule has 1 atom stereocenters. The fraction of sp³-hybridized carbons (Fsp3) is 0.583. The number of hydrogen-bond acceptors (Lipinski definition) is 4. The molecule has 0 radical (unpaired) electrons. The summed E-state index contributed by atoms with van der Waals surface area (Å²) in [4.78, 5) is 27.0. The van der Waals surface area contributed by atoms with E-state index >= 15 is 4.39 Å². The van der Waals surface area contributed by atoms with Crippen LogP contribution in [0.15, 0.2) is 23.4 Å². The zero-order valence-electron chi connectivity index (χ0n) is 20.1. The van der Waals surface area contributed by atoms with Gasteiger partial charge in [0.15, 0.2) is 0 Å². The van der Waals surface area contributed by atoms with Crippen LogP contribution in [0.1, 0.15) is 49.7 Å². The lowest BCUT2D eigenvalue weighted by Crippen LogP contribution is -2.36. The Labute approximate surface area is 209 Å². The molecule has 35 heavy (non-hydrogen) atoms. The Balaban J connectivity index is 0.00000432. The minimum absolute atomic E-state index is 0. The molecule has 0 bridgehead atoms. The number of nitrogens with two attached hydrogens (primary N) is 1. The Morgan fingerprint density at radius 3 is 2.20 bits per heavy atom. The molecule has 6 nitrogen and oxygen atoms in total. The number of benzene rings is 1. The average Bonchev–Trinajstić information content (AvgIpc) is 3.66. The van der Waals surface area contributed by atoms with Crippen molar-refractivity contribution in [3.8, 4) is 0 Å². The summed E-state index contributed by atoms with van der Waals surface area (Å²) in [5.41, 5.74) is 8.04. The van der Waals surface area contributed by atoms with E-state index in [1.165, 1.54) is 13.0 Å². The van der Waals surface area contributed by atoms with E-state index in [4.69, 9.17) is 5.73 Å². The molecule has 0 heterocycles. The van der Waals surface area contributed by atoms with E-state index in [-0.39, 0.29) is 29.4 Å². The van der Waals surface area contributed by atoms with E-state index in [9.17, 15) is 22.8 Å². The maximum absolute atomic E-state index is 15.0. The molecule has 0 saturated heterocycles. The summed E-state index contributed by atoms with van der Waals surface area (Å²) >= 11 is 0. The molecule has 0 aromatic heterocycles. The Morgan fingerprint density at radius 2 is 1.71 bits per heavy atom. The first-order valence-electron chi connectivity index (χ1n) is 11.5. The highest BCUT2D eigenvalue weighted by atomic mass is 35.5. The first-order chi connectivity index (χ1) is 15.9. The number of alkyl halides is 3.